The molecule has 0 aliphatic carbocycles. The van der Waals surface area contributed by atoms with E-state index in [1.54, 1.807) is 43.5 Å². The summed E-state index contributed by atoms with van der Waals surface area (Å²) >= 11 is 0. The molecule has 5 N–H and O–H groups in total. The molecule has 1 unspecified atom stereocenters. The summed E-state index contributed by atoms with van der Waals surface area (Å²) in [4.78, 5) is 32.8. The van der Waals surface area contributed by atoms with Gasteiger partial charge in [-0.3, -0.25) is 15.0 Å². The summed E-state index contributed by atoms with van der Waals surface area (Å²) in [7, 11) is 0. The van der Waals surface area contributed by atoms with Crippen LogP contribution in [-0.2, 0) is 11.2 Å². The summed E-state index contributed by atoms with van der Waals surface area (Å²) in [6.45, 7) is 1.65. The van der Waals surface area contributed by atoms with Crippen LogP contribution < -0.4 is 11.1 Å². The maximum absolute atomic E-state index is 12.7. The Balaban J connectivity index is 1.49. The van der Waals surface area contributed by atoms with Gasteiger partial charge in [0, 0.05) is 28.3 Å². The smallest absolute Gasteiger partial charge is 0.270 e. The number of aromatic amines is 1. The molecule has 1 atom stereocenters. The van der Waals surface area contributed by atoms with Crippen LogP contribution in [0.3, 0.4) is 0 Å². The van der Waals surface area contributed by atoms with Gasteiger partial charge in [-0.1, -0.05) is 36.4 Å². The minimum atomic E-state index is -0.682. The monoisotopic (exact) mass is 399 g/mol. The summed E-state index contributed by atoms with van der Waals surface area (Å²) in [5.41, 5.74) is 8.89. The lowest BCUT2D eigenvalue weighted by Gasteiger charge is -2.13. The van der Waals surface area contributed by atoms with Gasteiger partial charge >= 0.3 is 0 Å². The third kappa shape index (κ3) is 3.77. The predicted molar refractivity (Wildman–Crippen MR) is 117 cm³/mol. The lowest BCUT2D eigenvalue weighted by Crippen LogP contribution is -2.39. The molecule has 7 heteroatoms. The van der Waals surface area contributed by atoms with E-state index in [1.165, 1.54) is 0 Å². The van der Waals surface area contributed by atoms with E-state index in [1.807, 2.05) is 24.3 Å². The number of nitrogens with one attached hydrogen (secondary N) is 3. The number of amides is 1. The number of hydrogen-bond donors (Lipinski definition) is 4. The third-order valence-electron chi connectivity index (χ3n) is 5.07. The third-order valence-corrected chi connectivity index (χ3v) is 5.07. The molecular formula is C23H21N5O2. The number of ketones is 1. The largest absolute Gasteiger partial charge is 0.384 e. The zero-order valence-corrected chi connectivity index (χ0v) is 16.4. The van der Waals surface area contributed by atoms with Crippen LogP contribution >= 0.6 is 0 Å². The van der Waals surface area contributed by atoms with Gasteiger partial charge in [-0.05, 0) is 30.7 Å². The number of H-pyrrole nitrogens is 1. The molecule has 4 rings (SSSR count). The zero-order valence-electron chi connectivity index (χ0n) is 16.4. The minimum absolute atomic E-state index is 0.0515. The van der Waals surface area contributed by atoms with Crippen molar-refractivity contribution in [2.45, 2.75) is 19.4 Å². The van der Waals surface area contributed by atoms with E-state index in [9.17, 15) is 9.59 Å². The lowest BCUT2D eigenvalue weighted by atomic mass is 10.0. The van der Waals surface area contributed by atoms with Crippen molar-refractivity contribution in [1.82, 2.24) is 15.3 Å². The predicted octanol–water partition coefficient (Wildman–Crippen LogP) is 2.93. The standard InChI is InChI=1S/C23H21N5O2/c1-13(21(29)10-14-5-4-6-15(9-14)22(24)25)27-23(30)19-11-17-16-7-2-3-8-18(16)28-20(17)12-26-19/h2-9,11-13,28H,10H2,1H3,(H3,24,25)(H,27,30). The molecule has 0 radical (unpaired) electrons. The van der Waals surface area contributed by atoms with Gasteiger partial charge in [0.05, 0.1) is 17.8 Å². The van der Waals surface area contributed by atoms with E-state index in [4.69, 9.17) is 11.1 Å². The Morgan fingerprint density at radius 2 is 1.90 bits per heavy atom. The Bertz CT molecular complexity index is 1290. The Hall–Kier alpha value is -4.00. The first-order valence-electron chi connectivity index (χ1n) is 9.56. The molecule has 30 heavy (non-hydrogen) atoms. The number of nitrogens with two attached hydrogens (primary N) is 1. The van der Waals surface area contributed by atoms with Crippen LogP contribution in [0.15, 0.2) is 60.8 Å². The Kier molecular flexibility index (Phi) is 5.02. The Morgan fingerprint density at radius 3 is 2.70 bits per heavy atom. The summed E-state index contributed by atoms with van der Waals surface area (Å²) in [5.74, 6) is -0.595. The molecule has 0 fully saturated rings. The van der Waals surface area contributed by atoms with Gasteiger partial charge in [0.1, 0.15) is 11.5 Å². The quantitative estimate of drug-likeness (QED) is 0.294. The number of fused-ring (bicyclic) bond motifs is 3. The number of hydrogen-bond acceptors (Lipinski definition) is 4. The number of rotatable bonds is 6. The minimum Gasteiger partial charge on any atom is -0.384 e. The molecule has 0 aliphatic heterocycles. The van der Waals surface area contributed by atoms with E-state index in [0.29, 0.717) is 5.56 Å². The topological polar surface area (TPSA) is 125 Å². The van der Waals surface area contributed by atoms with E-state index in [2.05, 4.69) is 15.3 Å². The maximum Gasteiger partial charge on any atom is 0.270 e. The van der Waals surface area contributed by atoms with Crippen molar-refractivity contribution in [2.24, 2.45) is 5.73 Å². The highest BCUT2D eigenvalue weighted by atomic mass is 16.2. The van der Waals surface area contributed by atoms with Crippen molar-refractivity contribution in [3.63, 3.8) is 0 Å². The number of aromatic nitrogens is 2. The molecule has 150 valence electrons. The van der Waals surface area contributed by atoms with Crippen molar-refractivity contribution in [2.75, 3.05) is 0 Å². The molecule has 0 aliphatic rings. The Labute approximate surface area is 172 Å². The highest BCUT2D eigenvalue weighted by Gasteiger charge is 2.19. The molecule has 2 aromatic carbocycles. The number of nitrogens with zero attached hydrogens (tertiary/aromatic N) is 1. The molecule has 0 bridgehead atoms. The fraction of sp³-hybridized carbons (Fsp3) is 0.130. The van der Waals surface area contributed by atoms with E-state index < -0.39 is 11.9 Å². The molecule has 0 spiro atoms. The summed E-state index contributed by atoms with van der Waals surface area (Å²) < 4.78 is 0. The van der Waals surface area contributed by atoms with E-state index in [-0.39, 0.29) is 23.7 Å². The molecule has 4 aromatic rings. The highest BCUT2D eigenvalue weighted by Crippen LogP contribution is 2.25. The van der Waals surface area contributed by atoms with Crippen LogP contribution in [0, 0.1) is 5.41 Å². The lowest BCUT2D eigenvalue weighted by molar-refractivity contribution is -0.119. The summed E-state index contributed by atoms with van der Waals surface area (Å²) in [6, 6.07) is 15.9. The van der Waals surface area contributed by atoms with Crippen LogP contribution in [0.25, 0.3) is 21.8 Å². The second-order valence-corrected chi connectivity index (χ2v) is 7.24. The van der Waals surface area contributed by atoms with Crippen molar-refractivity contribution in [1.29, 1.82) is 5.41 Å². The molecular weight excluding hydrogens is 378 g/mol. The first-order valence-corrected chi connectivity index (χ1v) is 9.56. The molecule has 0 saturated carbocycles. The SMILES string of the molecule is CC(NC(=O)c1cc2c(cn1)[nH]c1ccccc12)C(=O)Cc1cccc(C(=N)N)c1. The van der Waals surface area contributed by atoms with Crippen LogP contribution in [0.2, 0.25) is 0 Å². The zero-order chi connectivity index (χ0) is 21.3. The second-order valence-electron chi connectivity index (χ2n) is 7.24. The number of carbonyl (C=O) groups is 2. The average Bonchev–Trinajstić information content (AvgIpc) is 3.11. The summed E-state index contributed by atoms with van der Waals surface area (Å²) in [5, 5.41) is 12.2. The summed E-state index contributed by atoms with van der Waals surface area (Å²) in [6.07, 6.45) is 1.77. The molecule has 7 nitrogen and oxygen atoms in total. The number of carbonyl (C=O) groups excluding carboxylic acids is 2. The van der Waals surface area contributed by atoms with Crippen LogP contribution in [0.5, 0.6) is 0 Å². The molecule has 1 amide bonds. The normalized spacial score (nSPS) is 12.0. The molecule has 2 heterocycles. The van der Waals surface area contributed by atoms with Gasteiger partial charge in [0.2, 0.25) is 0 Å². The van der Waals surface area contributed by atoms with Crippen LogP contribution in [0.4, 0.5) is 0 Å². The van der Waals surface area contributed by atoms with Gasteiger partial charge < -0.3 is 16.0 Å². The number of pyridine rings is 1. The first kappa shape index (κ1) is 19.3. The van der Waals surface area contributed by atoms with E-state index in [0.717, 1.165) is 27.4 Å². The number of Topliss-reactive ketones (excluding diaryl/α,β-unsaturated/α-hetero) is 1. The second kappa shape index (κ2) is 7.79. The van der Waals surface area contributed by atoms with Crippen molar-refractivity contribution >= 4 is 39.3 Å². The fourth-order valence-corrected chi connectivity index (χ4v) is 3.43. The van der Waals surface area contributed by atoms with Crippen molar-refractivity contribution in [3.05, 3.63) is 77.6 Å². The van der Waals surface area contributed by atoms with Gasteiger partial charge in [-0.25, -0.2) is 4.98 Å². The average molecular weight is 399 g/mol. The van der Waals surface area contributed by atoms with Crippen molar-refractivity contribution < 1.29 is 9.59 Å². The molecule has 0 saturated heterocycles. The van der Waals surface area contributed by atoms with Gasteiger partial charge in [-0.15, -0.1) is 0 Å². The van der Waals surface area contributed by atoms with E-state index >= 15 is 0 Å². The Morgan fingerprint density at radius 1 is 1.10 bits per heavy atom. The number of benzene rings is 2. The highest BCUT2D eigenvalue weighted by molar-refractivity contribution is 6.09. The van der Waals surface area contributed by atoms with Gasteiger partial charge in [-0.2, -0.15) is 0 Å². The van der Waals surface area contributed by atoms with Crippen LogP contribution in [-0.4, -0.2) is 33.5 Å². The van der Waals surface area contributed by atoms with Gasteiger partial charge in [0.15, 0.2) is 5.78 Å². The fourth-order valence-electron chi connectivity index (χ4n) is 3.43. The van der Waals surface area contributed by atoms with Crippen molar-refractivity contribution in [3.8, 4) is 0 Å². The molecule has 2 aromatic heterocycles. The number of para-hydroxylation sites is 1. The maximum atomic E-state index is 12.7. The first-order chi connectivity index (χ1) is 14.4. The number of nitrogen functional groups attached to an aromatic ring is 1. The van der Waals surface area contributed by atoms with Crippen LogP contribution in [0.1, 0.15) is 28.5 Å². The van der Waals surface area contributed by atoms with Gasteiger partial charge in [0.25, 0.3) is 5.91 Å². The number of amidine groups is 1.